The van der Waals surface area contributed by atoms with Crippen molar-refractivity contribution in [3.8, 4) is 0 Å². The maximum Gasteiger partial charge on any atom is 0.239 e. The summed E-state index contributed by atoms with van der Waals surface area (Å²) >= 11 is 0. The summed E-state index contributed by atoms with van der Waals surface area (Å²) in [6.07, 6.45) is 1.60. The Hall–Kier alpha value is -2.12. The zero-order valence-electron chi connectivity index (χ0n) is 17.0. The fourth-order valence-corrected chi connectivity index (χ4v) is 4.03. The Kier molecular flexibility index (Phi) is 6.91. The SMILES string of the molecule is CC(C(=O)N1CCCC(C(N)=O)C1)N(C)Cc1ccccc1N1CCOCC1. The van der Waals surface area contributed by atoms with Gasteiger partial charge in [0.25, 0.3) is 0 Å². The molecule has 0 bridgehead atoms. The second kappa shape index (κ2) is 9.39. The first-order chi connectivity index (χ1) is 13.5. The number of hydrogen-bond donors (Lipinski definition) is 1. The number of amides is 2. The van der Waals surface area contributed by atoms with Gasteiger partial charge in [-0.15, -0.1) is 0 Å². The highest BCUT2D eigenvalue weighted by atomic mass is 16.5. The number of likely N-dealkylation sites (tertiary alicyclic amines) is 1. The number of ether oxygens (including phenoxy) is 1. The third-order valence-electron chi connectivity index (χ3n) is 5.92. The van der Waals surface area contributed by atoms with E-state index in [1.807, 2.05) is 20.0 Å². The van der Waals surface area contributed by atoms with Crippen molar-refractivity contribution in [1.29, 1.82) is 0 Å². The second-order valence-corrected chi connectivity index (χ2v) is 7.84. The van der Waals surface area contributed by atoms with Crippen LogP contribution in [0.3, 0.4) is 0 Å². The Labute approximate surface area is 167 Å². The zero-order chi connectivity index (χ0) is 20.1. The highest BCUT2D eigenvalue weighted by molar-refractivity contribution is 5.83. The van der Waals surface area contributed by atoms with Crippen molar-refractivity contribution in [1.82, 2.24) is 9.80 Å². The van der Waals surface area contributed by atoms with Crippen LogP contribution in [0.4, 0.5) is 5.69 Å². The number of primary amides is 1. The molecular formula is C21H32N4O3. The predicted molar refractivity (Wildman–Crippen MR) is 109 cm³/mol. The van der Waals surface area contributed by atoms with Gasteiger partial charge in [0.15, 0.2) is 0 Å². The Morgan fingerprint density at radius 1 is 1.25 bits per heavy atom. The molecule has 7 nitrogen and oxygen atoms in total. The van der Waals surface area contributed by atoms with Crippen LogP contribution in [0.25, 0.3) is 0 Å². The van der Waals surface area contributed by atoms with E-state index in [0.29, 0.717) is 19.6 Å². The fourth-order valence-electron chi connectivity index (χ4n) is 4.03. The van der Waals surface area contributed by atoms with Crippen molar-refractivity contribution < 1.29 is 14.3 Å². The molecule has 2 N–H and O–H groups in total. The number of rotatable bonds is 6. The van der Waals surface area contributed by atoms with Crippen LogP contribution in [0, 0.1) is 5.92 Å². The van der Waals surface area contributed by atoms with E-state index in [9.17, 15) is 9.59 Å². The largest absolute Gasteiger partial charge is 0.378 e. The molecule has 2 atom stereocenters. The van der Waals surface area contributed by atoms with E-state index in [4.69, 9.17) is 10.5 Å². The van der Waals surface area contributed by atoms with Gasteiger partial charge in [-0.2, -0.15) is 0 Å². The number of piperidine rings is 1. The van der Waals surface area contributed by atoms with E-state index < -0.39 is 0 Å². The van der Waals surface area contributed by atoms with Crippen LogP contribution in [0.5, 0.6) is 0 Å². The standard InChI is InChI=1S/C21H32N4O3/c1-16(21(27)25-9-5-7-18(15-25)20(22)26)23(2)14-17-6-3-4-8-19(17)24-10-12-28-13-11-24/h3-4,6,8,16,18H,5,7,9-15H2,1-2H3,(H2,22,26). The topological polar surface area (TPSA) is 79.1 Å². The van der Waals surface area contributed by atoms with Gasteiger partial charge in [0.2, 0.25) is 11.8 Å². The minimum atomic E-state index is -0.307. The van der Waals surface area contributed by atoms with Crippen molar-refractivity contribution in [3.63, 3.8) is 0 Å². The third kappa shape index (κ3) is 4.83. The van der Waals surface area contributed by atoms with Gasteiger partial charge in [-0.1, -0.05) is 18.2 Å². The minimum Gasteiger partial charge on any atom is -0.378 e. The number of benzene rings is 1. The van der Waals surface area contributed by atoms with E-state index in [-0.39, 0.29) is 23.8 Å². The summed E-state index contributed by atoms with van der Waals surface area (Å²) in [4.78, 5) is 30.7. The first-order valence-corrected chi connectivity index (χ1v) is 10.2. The van der Waals surface area contributed by atoms with Gasteiger partial charge in [-0.25, -0.2) is 0 Å². The summed E-state index contributed by atoms with van der Waals surface area (Å²) in [7, 11) is 1.98. The number of para-hydroxylation sites is 1. The molecule has 2 amide bonds. The molecule has 2 heterocycles. The summed E-state index contributed by atoms with van der Waals surface area (Å²) in [6, 6.07) is 8.11. The Bertz CT molecular complexity index is 690. The molecule has 2 fully saturated rings. The van der Waals surface area contributed by atoms with Gasteiger partial charge in [-0.3, -0.25) is 14.5 Å². The molecule has 0 saturated carbocycles. The van der Waals surface area contributed by atoms with Crippen LogP contribution < -0.4 is 10.6 Å². The van der Waals surface area contributed by atoms with Crippen molar-refractivity contribution in [2.24, 2.45) is 11.7 Å². The lowest BCUT2D eigenvalue weighted by atomic mass is 9.97. The molecule has 1 aromatic carbocycles. The average Bonchev–Trinajstić information content (AvgIpc) is 2.73. The van der Waals surface area contributed by atoms with E-state index in [0.717, 1.165) is 39.1 Å². The number of likely N-dealkylation sites (N-methyl/N-ethyl adjacent to an activating group) is 1. The normalized spacial score (nSPS) is 21.6. The van der Waals surface area contributed by atoms with E-state index >= 15 is 0 Å². The summed E-state index contributed by atoms with van der Waals surface area (Å²) in [6.45, 7) is 7.03. The number of anilines is 1. The molecule has 0 aromatic heterocycles. The van der Waals surface area contributed by atoms with Crippen LogP contribution >= 0.6 is 0 Å². The van der Waals surface area contributed by atoms with Gasteiger partial charge in [0, 0.05) is 38.4 Å². The molecule has 7 heteroatoms. The molecular weight excluding hydrogens is 356 g/mol. The Balaban J connectivity index is 1.65. The molecule has 0 spiro atoms. The van der Waals surface area contributed by atoms with Crippen LogP contribution in [0.1, 0.15) is 25.3 Å². The smallest absolute Gasteiger partial charge is 0.239 e. The number of morpholine rings is 1. The maximum absolute atomic E-state index is 13.0. The monoisotopic (exact) mass is 388 g/mol. The van der Waals surface area contributed by atoms with Gasteiger partial charge >= 0.3 is 0 Å². The molecule has 3 rings (SSSR count). The van der Waals surface area contributed by atoms with Crippen molar-refractivity contribution in [2.45, 2.75) is 32.4 Å². The first-order valence-electron chi connectivity index (χ1n) is 10.2. The van der Waals surface area contributed by atoms with Gasteiger partial charge in [0.05, 0.1) is 25.2 Å². The van der Waals surface area contributed by atoms with Crippen molar-refractivity contribution in [2.75, 3.05) is 51.3 Å². The summed E-state index contributed by atoms with van der Waals surface area (Å²) in [5, 5.41) is 0. The highest BCUT2D eigenvalue weighted by Gasteiger charge is 2.31. The van der Waals surface area contributed by atoms with Crippen LogP contribution in [-0.2, 0) is 20.9 Å². The lowest BCUT2D eigenvalue weighted by molar-refractivity contribution is -0.139. The quantitative estimate of drug-likeness (QED) is 0.789. The number of hydrogen-bond acceptors (Lipinski definition) is 5. The number of carbonyl (C=O) groups is 2. The first kappa shape index (κ1) is 20.6. The molecule has 2 aliphatic heterocycles. The van der Waals surface area contributed by atoms with E-state index in [1.54, 1.807) is 4.90 Å². The average molecular weight is 389 g/mol. The number of nitrogens with two attached hydrogens (primary N) is 1. The highest BCUT2D eigenvalue weighted by Crippen LogP contribution is 2.24. The Morgan fingerprint density at radius 3 is 2.68 bits per heavy atom. The lowest BCUT2D eigenvalue weighted by Gasteiger charge is -2.36. The minimum absolute atomic E-state index is 0.0669. The zero-order valence-corrected chi connectivity index (χ0v) is 17.0. The number of nitrogens with zero attached hydrogens (tertiary/aromatic N) is 3. The molecule has 2 aliphatic rings. The predicted octanol–water partition coefficient (Wildman–Crippen LogP) is 1.07. The lowest BCUT2D eigenvalue weighted by Crippen LogP contribution is -2.50. The second-order valence-electron chi connectivity index (χ2n) is 7.84. The van der Waals surface area contributed by atoms with Gasteiger partial charge < -0.3 is 20.3 Å². The van der Waals surface area contributed by atoms with Gasteiger partial charge in [-0.05, 0) is 38.4 Å². The molecule has 2 saturated heterocycles. The van der Waals surface area contributed by atoms with Crippen LogP contribution in [-0.4, -0.2) is 74.1 Å². The van der Waals surface area contributed by atoms with Crippen molar-refractivity contribution >= 4 is 17.5 Å². The molecule has 2 unspecified atom stereocenters. The summed E-state index contributed by atoms with van der Waals surface area (Å²) in [5.74, 6) is -0.465. The van der Waals surface area contributed by atoms with E-state index in [2.05, 4.69) is 28.0 Å². The molecule has 154 valence electrons. The molecule has 0 aliphatic carbocycles. The van der Waals surface area contributed by atoms with Crippen LogP contribution in [0.15, 0.2) is 24.3 Å². The molecule has 1 aromatic rings. The van der Waals surface area contributed by atoms with Gasteiger partial charge in [0.1, 0.15) is 0 Å². The van der Waals surface area contributed by atoms with E-state index in [1.165, 1.54) is 11.3 Å². The van der Waals surface area contributed by atoms with Crippen molar-refractivity contribution in [3.05, 3.63) is 29.8 Å². The third-order valence-corrected chi connectivity index (χ3v) is 5.92. The fraction of sp³-hybridized carbons (Fsp3) is 0.619. The summed E-state index contributed by atoms with van der Waals surface area (Å²) < 4.78 is 5.47. The number of carbonyl (C=O) groups excluding carboxylic acids is 2. The van der Waals surface area contributed by atoms with Crippen LogP contribution in [0.2, 0.25) is 0 Å². The Morgan fingerprint density at radius 2 is 1.96 bits per heavy atom. The molecule has 28 heavy (non-hydrogen) atoms. The molecule has 0 radical (unpaired) electrons. The maximum atomic E-state index is 13.0. The summed E-state index contributed by atoms with van der Waals surface area (Å²) in [5.41, 5.74) is 7.87.